The second-order valence-corrected chi connectivity index (χ2v) is 6.48. The molecule has 102 valence electrons. The molecule has 1 aromatic heterocycles. The van der Waals surface area contributed by atoms with E-state index < -0.39 is 0 Å². The van der Waals surface area contributed by atoms with Crippen molar-refractivity contribution in [3.05, 3.63) is 11.7 Å². The lowest BCUT2D eigenvalue weighted by molar-refractivity contribution is 0.369. The van der Waals surface area contributed by atoms with E-state index in [-0.39, 0.29) is 6.04 Å². The largest absolute Gasteiger partial charge is 0.339 e. The molecule has 18 heavy (non-hydrogen) atoms. The molecule has 1 aliphatic carbocycles. The molecule has 0 aromatic carbocycles. The van der Waals surface area contributed by atoms with Crippen molar-refractivity contribution in [1.82, 2.24) is 10.1 Å². The zero-order valence-corrected chi connectivity index (χ0v) is 11.9. The highest BCUT2D eigenvalue weighted by atomic mass is 32.2. The zero-order chi connectivity index (χ0) is 12.8. The van der Waals surface area contributed by atoms with Crippen molar-refractivity contribution in [3.8, 4) is 0 Å². The summed E-state index contributed by atoms with van der Waals surface area (Å²) < 4.78 is 5.25. The maximum atomic E-state index is 5.71. The Hall–Kier alpha value is -0.550. The first-order valence-electron chi connectivity index (χ1n) is 6.92. The molecule has 0 bridgehead atoms. The number of aromatic nitrogens is 2. The van der Waals surface area contributed by atoms with Crippen molar-refractivity contribution in [2.45, 2.75) is 68.9 Å². The fourth-order valence-corrected chi connectivity index (χ4v) is 3.44. The Kier molecular flexibility index (Phi) is 5.50. The molecule has 0 radical (unpaired) electrons. The Morgan fingerprint density at radius 1 is 1.44 bits per heavy atom. The molecule has 0 amide bonds. The minimum absolute atomic E-state index is 0.255. The number of nitrogens with two attached hydrogens (primary N) is 1. The molecule has 0 aliphatic heterocycles. The van der Waals surface area contributed by atoms with E-state index in [0.717, 1.165) is 42.0 Å². The van der Waals surface area contributed by atoms with Gasteiger partial charge in [-0.15, -0.1) is 0 Å². The lowest BCUT2D eigenvalue weighted by atomic mass is 10.1. The van der Waals surface area contributed by atoms with Gasteiger partial charge in [-0.3, -0.25) is 0 Å². The third kappa shape index (κ3) is 4.61. The molecule has 0 saturated heterocycles. The van der Waals surface area contributed by atoms with Gasteiger partial charge in [-0.05, 0) is 32.6 Å². The Morgan fingerprint density at radius 2 is 2.22 bits per heavy atom. The van der Waals surface area contributed by atoms with E-state index in [4.69, 9.17) is 10.3 Å². The Bertz CT molecular complexity index is 348. The van der Waals surface area contributed by atoms with E-state index in [2.05, 4.69) is 10.1 Å². The number of rotatable bonds is 7. The Morgan fingerprint density at radius 3 is 2.94 bits per heavy atom. The molecule has 1 saturated carbocycles. The van der Waals surface area contributed by atoms with Crippen LogP contribution in [0.3, 0.4) is 0 Å². The highest BCUT2D eigenvalue weighted by molar-refractivity contribution is 7.99. The maximum Gasteiger partial charge on any atom is 0.226 e. The van der Waals surface area contributed by atoms with Gasteiger partial charge in [0.25, 0.3) is 0 Å². The van der Waals surface area contributed by atoms with Gasteiger partial charge in [0.15, 0.2) is 5.82 Å². The van der Waals surface area contributed by atoms with Crippen LogP contribution in [-0.2, 0) is 12.2 Å². The molecule has 1 unspecified atom stereocenters. The van der Waals surface area contributed by atoms with Crippen molar-refractivity contribution < 1.29 is 4.52 Å². The number of hydrogen-bond acceptors (Lipinski definition) is 5. The lowest BCUT2D eigenvalue weighted by Crippen LogP contribution is -2.14. The molecule has 0 spiro atoms. The molecule has 1 aromatic rings. The van der Waals surface area contributed by atoms with E-state index in [1.807, 2.05) is 18.7 Å². The first-order valence-corrected chi connectivity index (χ1v) is 7.97. The second kappa shape index (κ2) is 7.14. The first-order chi connectivity index (χ1) is 8.74. The van der Waals surface area contributed by atoms with Gasteiger partial charge in [0.1, 0.15) is 0 Å². The summed E-state index contributed by atoms with van der Waals surface area (Å²) >= 11 is 1.97. The van der Waals surface area contributed by atoms with E-state index in [1.165, 1.54) is 25.7 Å². The Labute approximate surface area is 113 Å². The lowest BCUT2D eigenvalue weighted by Gasteiger charge is -2.04. The van der Waals surface area contributed by atoms with Crippen LogP contribution < -0.4 is 5.73 Å². The van der Waals surface area contributed by atoms with Gasteiger partial charge in [-0.2, -0.15) is 16.7 Å². The van der Waals surface area contributed by atoms with Crippen LogP contribution in [0.1, 0.15) is 57.2 Å². The minimum Gasteiger partial charge on any atom is -0.339 e. The SMILES string of the molecule is CC(N)CCCc1nc(CSC2CCCC2)no1. The van der Waals surface area contributed by atoms with Gasteiger partial charge in [0.05, 0.1) is 5.75 Å². The van der Waals surface area contributed by atoms with E-state index >= 15 is 0 Å². The number of hydrogen-bond donors (Lipinski definition) is 1. The topological polar surface area (TPSA) is 64.9 Å². The predicted molar refractivity (Wildman–Crippen MR) is 74.4 cm³/mol. The summed E-state index contributed by atoms with van der Waals surface area (Å²) in [6.07, 6.45) is 8.35. The van der Waals surface area contributed by atoms with Crippen LogP contribution in [-0.4, -0.2) is 21.4 Å². The van der Waals surface area contributed by atoms with Crippen LogP contribution >= 0.6 is 11.8 Å². The molecule has 5 heteroatoms. The number of thioether (sulfide) groups is 1. The van der Waals surface area contributed by atoms with Gasteiger partial charge in [0.2, 0.25) is 5.89 Å². The average molecular weight is 269 g/mol. The maximum absolute atomic E-state index is 5.71. The normalized spacial score (nSPS) is 18.3. The molecule has 1 heterocycles. The third-order valence-electron chi connectivity index (χ3n) is 3.31. The fourth-order valence-electron chi connectivity index (χ4n) is 2.27. The second-order valence-electron chi connectivity index (χ2n) is 5.19. The summed E-state index contributed by atoms with van der Waals surface area (Å²) in [5.41, 5.74) is 5.71. The van der Waals surface area contributed by atoms with Crippen LogP contribution in [0.4, 0.5) is 0 Å². The van der Waals surface area contributed by atoms with Gasteiger partial charge in [-0.1, -0.05) is 18.0 Å². The van der Waals surface area contributed by atoms with E-state index in [1.54, 1.807) is 0 Å². The highest BCUT2D eigenvalue weighted by Gasteiger charge is 2.16. The standard InChI is InChI=1S/C13H23N3OS/c1-10(14)5-4-8-13-15-12(16-17-13)9-18-11-6-2-3-7-11/h10-11H,2-9,14H2,1H3. The molecule has 4 nitrogen and oxygen atoms in total. The van der Waals surface area contributed by atoms with Crippen LogP contribution in [0, 0.1) is 0 Å². The van der Waals surface area contributed by atoms with Crippen molar-refractivity contribution in [3.63, 3.8) is 0 Å². The molecule has 1 atom stereocenters. The highest BCUT2D eigenvalue weighted by Crippen LogP contribution is 2.30. The van der Waals surface area contributed by atoms with Crippen LogP contribution in [0.2, 0.25) is 0 Å². The van der Waals surface area contributed by atoms with Gasteiger partial charge >= 0.3 is 0 Å². The summed E-state index contributed by atoms with van der Waals surface area (Å²) in [4.78, 5) is 4.43. The van der Waals surface area contributed by atoms with Crippen molar-refractivity contribution in [2.24, 2.45) is 5.73 Å². The van der Waals surface area contributed by atoms with Gasteiger partial charge in [0, 0.05) is 17.7 Å². The fraction of sp³-hybridized carbons (Fsp3) is 0.846. The predicted octanol–water partition coefficient (Wildman–Crippen LogP) is 2.92. The van der Waals surface area contributed by atoms with E-state index in [9.17, 15) is 0 Å². The number of nitrogens with zero attached hydrogens (tertiary/aromatic N) is 2. The molecular weight excluding hydrogens is 246 g/mol. The molecule has 1 aliphatic rings. The summed E-state index contributed by atoms with van der Waals surface area (Å²) in [7, 11) is 0. The summed E-state index contributed by atoms with van der Waals surface area (Å²) in [5, 5.41) is 4.85. The summed E-state index contributed by atoms with van der Waals surface area (Å²) in [6, 6.07) is 0.255. The Balaban J connectivity index is 1.68. The van der Waals surface area contributed by atoms with E-state index in [0.29, 0.717) is 0 Å². The average Bonchev–Trinajstić information content (AvgIpc) is 2.96. The van der Waals surface area contributed by atoms with Crippen molar-refractivity contribution in [1.29, 1.82) is 0 Å². The van der Waals surface area contributed by atoms with Crippen molar-refractivity contribution in [2.75, 3.05) is 0 Å². The monoisotopic (exact) mass is 269 g/mol. The minimum atomic E-state index is 0.255. The summed E-state index contributed by atoms with van der Waals surface area (Å²) in [6.45, 7) is 2.03. The smallest absolute Gasteiger partial charge is 0.226 e. The quantitative estimate of drug-likeness (QED) is 0.824. The van der Waals surface area contributed by atoms with Gasteiger partial charge < -0.3 is 10.3 Å². The van der Waals surface area contributed by atoms with Crippen LogP contribution in [0.5, 0.6) is 0 Å². The van der Waals surface area contributed by atoms with Crippen molar-refractivity contribution >= 4 is 11.8 Å². The first kappa shape index (κ1) is 13.9. The van der Waals surface area contributed by atoms with Crippen LogP contribution in [0.25, 0.3) is 0 Å². The molecule has 2 N–H and O–H groups in total. The third-order valence-corrected chi connectivity index (χ3v) is 4.68. The molecule has 2 rings (SSSR count). The number of aryl methyl sites for hydroxylation is 1. The molecule has 1 fully saturated rings. The zero-order valence-electron chi connectivity index (χ0n) is 11.1. The van der Waals surface area contributed by atoms with Gasteiger partial charge in [-0.25, -0.2) is 0 Å². The van der Waals surface area contributed by atoms with Crippen LogP contribution in [0.15, 0.2) is 4.52 Å². The molecular formula is C13H23N3OS. The summed E-state index contributed by atoms with van der Waals surface area (Å²) in [5.74, 6) is 2.50.